The Labute approximate surface area is 309 Å². The molecular formula is C35H35ClF5N9O4. The van der Waals surface area contributed by atoms with E-state index < -0.39 is 52.6 Å². The van der Waals surface area contributed by atoms with Gasteiger partial charge in [-0.25, -0.2) is 18.7 Å². The van der Waals surface area contributed by atoms with Crippen molar-refractivity contribution in [3.63, 3.8) is 0 Å². The Morgan fingerprint density at radius 2 is 2.02 bits per heavy atom. The lowest BCUT2D eigenvalue weighted by atomic mass is 9.94. The van der Waals surface area contributed by atoms with Crippen molar-refractivity contribution in [1.82, 2.24) is 35.0 Å². The molecule has 0 saturated carbocycles. The number of nitrogens with two attached hydrogens (primary N) is 1. The number of carboxylic acid groups (broad SMARTS) is 1. The van der Waals surface area contributed by atoms with E-state index in [-0.39, 0.29) is 83.5 Å². The summed E-state index contributed by atoms with van der Waals surface area (Å²) in [5, 5.41) is 13.9. The van der Waals surface area contributed by atoms with Gasteiger partial charge in [-0.3, -0.25) is 14.8 Å². The molecule has 0 unspecified atom stereocenters. The zero-order chi connectivity index (χ0) is 38.7. The van der Waals surface area contributed by atoms with E-state index in [0.29, 0.717) is 17.0 Å². The van der Waals surface area contributed by atoms with Gasteiger partial charge in [0.05, 0.1) is 39.9 Å². The van der Waals surface area contributed by atoms with Crippen molar-refractivity contribution in [2.24, 2.45) is 0 Å². The molecule has 7 heterocycles. The minimum absolute atomic E-state index is 0.0141. The molecule has 4 N–H and O–H groups in total. The molecule has 2 saturated heterocycles. The zero-order valence-electron chi connectivity index (χ0n) is 29.2. The minimum atomic E-state index is -4.87. The number of aromatic amines is 1. The van der Waals surface area contributed by atoms with E-state index in [1.54, 1.807) is 6.07 Å². The van der Waals surface area contributed by atoms with Gasteiger partial charge in [0.1, 0.15) is 47.6 Å². The number of halogens is 6. The van der Waals surface area contributed by atoms with Crippen molar-refractivity contribution in [3.05, 3.63) is 52.1 Å². The predicted octanol–water partition coefficient (Wildman–Crippen LogP) is 6.67. The van der Waals surface area contributed by atoms with Gasteiger partial charge in [-0.05, 0) is 57.9 Å². The molecule has 5 aromatic rings. The van der Waals surface area contributed by atoms with Crippen molar-refractivity contribution >= 4 is 51.5 Å². The highest BCUT2D eigenvalue weighted by atomic mass is 35.5. The van der Waals surface area contributed by atoms with Gasteiger partial charge in [0.15, 0.2) is 5.82 Å². The summed E-state index contributed by atoms with van der Waals surface area (Å²) < 4.78 is 88.4. The summed E-state index contributed by atoms with van der Waals surface area (Å²) in [6.45, 7) is 5.74. The van der Waals surface area contributed by atoms with E-state index in [9.17, 15) is 17.6 Å². The number of hydrogen-bond donors (Lipinski definition) is 3. The molecule has 19 heteroatoms. The van der Waals surface area contributed by atoms with Crippen molar-refractivity contribution < 1.29 is 41.3 Å². The van der Waals surface area contributed by atoms with E-state index in [1.165, 1.54) is 25.4 Å². The molecule has 286 valence electrons. The number of nitrogen functional groups attached to an aromatic ring is 1. The Kier molecular flexibility index (Phi) is 9.62. The maximum Gasteiger partial charge on any atom is 0.417 e. The maximum atomic E-state index is 17.2. The van der Waals surface area contributed by atoms with E-state index in [1.807, 2.05) is 18.7 Å². The molecule has 0 radical (unpaired) electrons. The quantitative estimate of drug-likeness (QED) is 0.124. The molecule has 4 atom stereocenters. The third-order valence-electron chi connectivity index (χ3n) is 10.4. The Balaban J connectivity index is 0.00000145. The Morgan fingerprint density at radius 1 is 1.26 bits per heavy atom. The van der Waals surface area contributed by atoms with E-state index >= 15 is 4.39 Å². The molecule has 0 amide bonds. The van der Waals surface area contributed by atoms with Gasteiger partial charge >= 0.3 is 12.2 Å². The van der Waals surface area contributed by atoms with Crippen molar-refractivity contribution in [2.75, 3.05) is 36.9 Å². The number of nitrogens with one attached hydrogen (secondary N) is 1. The summed E-state index contributed by atoms with van der Waals surface area (Å²) in [6.07, 6.45) is -1.45. The van der Waals surface area contributed by atoms with Gasteiger partial charge in [0.2, 0.25) is 5.88 Å². The molecule has 13 nitrogen and oxygen atoms in total. The zero-order valence-corrected chi connectivity index (χ0v) is 30.0. The summed E-state index contributed by atoms with van der Waals surface area (Å²) in [7, 11) is 0. The lowest BCUT2D eigenvalue weighted by Gasteiger charge is -2.35. The van der Waals surface area contributed by atoms with Crippen molar-refractivity contribution in [2.45, 2.75) is 70.0 Å². The van der Waals surface area contributed by atoms with Crippen LogP contribution in [-0.2, 0) is 11.0 Å². The highest BCUT2D eigenvalue weighted by molar-refractivity contribution is 6.30. The first-order chi connectivity index (χ1) is 25.7. The van der Waals surface area contributed by atoms with Crippen molar-refractivity contribution in [3.8, 4) is 23.1 Å². The Hall–Kier alpha value is -5.10. The van der Waals surface area contributed by atoms with Crippen molar-refractivity contribution in [1.29, 1.82) is 0 Å². The second-order valence-electron chi connectivity index (χ2n) is 13.7. The predicted molar refractivity (Wildman–Crippen MR) is 189 cm³/mol. The molecule has 0 aliphatic carbocycles. The molecule has 8 rings (SSSR count). The highest BCUT2D eigenvalue weighted by Gasteiger charge is 2.49. The number of pyridine rings is 2. The number of aromatic nitrogens is 6. The summed E-state index contributed by atoms with van der Waals surface area (Å²) in [6, 6.07) is 1.69. The van der Waals surface area contributed by atoms with Crippen LogP contribution < -0.4 is 20.1 Å². The fraction of sp³-hybridized carbons (Fsp3) is 0.429. The fourth-order valence-corrected chi connectivity index (χ4v) is 8.28. The van der Waals surface area contributed by atoms with Gasteiger partial charge in [0, 0.05) is 35.7 Å². The molecule has 3 aliphatic rings. The van der Waals surface area contributed by atoms with Crippen LogP contribution in [0.5, 0.6) is 11.9 Å². The number of rotatable bonds is 6. The molecule has 1 aromatic carbocycles. The van der Waals surface area contributed by atoms with E-state index in [0.717, 1.165) is 13.0 Å². The number of H-pyrrole nitrogens is 1. The third kappa shape index (κ3) is 6.33. The number of fused-ring (bicyclic) bond motifs is 2. The number of nitrogens with zero attached hydrogens (tertiary/aromatic N) is 7. The van der Waals surface area contributed by atoms with Gasteiger partial charge in [-0.1, -0.05) is 11.6 Å². The van der Waals surface area contributed by atoms with Crippen LogP contribution in [0.4, 0.5) is 33.6 Å². The molecule has 0 spiro atoms. The molecule has 3 aliphatic heterocycles. The SMILES string of the molecule is Cc1cc2[nH]ncc2c(-c2nc3c4c(nc(OC[C@@]56CCCN5C[C@H](F)C6)nc4c2F)N([C@H](C)c2cc(Cl)cnc2N)[C@@H](C)CO3)c1C(F)(F)F.O=CO. The number of alkyl halides is 4. The second kappa shape index (κ2) is 14.0. The first-order valence-corrected chi connectivity index (χ1v) is 17.4. The first kappa shape index (κ1) is 37.2. The standard InChI is InChI=1S/C34H33ClF5N9O2.CH2O2/c1-15-7-22-21(11-43-47-22)23(25(15)34(38,39)40)27-26(37)28-24-30(46-32(45-28)51-14-33-5-4-6-48(33)12-19(36)9-33)49(16(2)13-50-31(24)44-27)17(3)20-8-18(35)10-42-29(20)41;2-1-3/h7-8,10-11,16-17,19H,4-6,9,12-14H2,1-3H3,(H2,41,42)(H,43,47);1H,(H,2,3)/t16-,17+,19+,33-;/m0./s1. The van der Waals surface area contributed by atoms with Gasteiger partial charge in [-0.15, -0.1) is 0 Å². The molecule has 4 aromatic heterocycles. The highest BCUT2D eigenvalue weighted by Crippen LogP contribution is 2.48. The number of benzene rings is 1. The van der Waals surface area contributed by atoms with Crippen LogP contribution in [0.2, 0.25) is 5.02 Å². The van der Waals surface area contributed by atoms with Gasteiger partial charge < -0.3 is 25.2 Å². The lowest BCUT2D eigenvalue weighted by Crippen LogP contribution is -2.43. The number of ether oxygens (including phenoxy) is 2. The number of anilines is 2. The summed E-state index contributed by atoms with van der Waals surface area (Å²) in [5.41, 5.74) is 3.82. The average Bonchev–Trinajstić information content (AvgIpc) is 3.79. The minimum Gasteiger partial charge on any atom is -0.483 e. The normalized spacial score (nSPS) is 21.7. The summed E-state index contributed by atoms with van der Waals surface area (Å²) in [5.74, 6) is -0.939. The number of hydrogen-bond acceptors (Lipinski definition) is 11. The van der Waals surface area contributed by atoms with Crippen LogP contribution in [0.15, 0.2) is 24.5 Å². The van der Waals surface area contributed by atoms with Crippen LogP contribution in [0, 0.1) is 12.7 Å². The Morgan fingerprint density at radius 3 is 2.76 bits per heavy atom. The van der Waals surface area contributed by atoms with Gasteiger partial charge in [-0.2, -0.15) is 28.2 Å². The monoisotopic (exact) mass is 775 g/mol. The second-order valence-corrected chi connectivity index (χ2v) is 14.2. The fourth-order valence-electron chi connectivity index (χ4n) is 8.11. The van der Waals surface area contributed by atoms with Crippen LogP contribution in [0.3, 0.4) is 0 Å². The van der Waals surface area contributed by atoms with E-state index in [2.05, 4.69) is 30.0 Å². The topological polar surface area (TPSA) is 168 Å². The number of carbonyl (C=O) groups is 1. The number of aryl methyl sites for hydroxylation is 1. The third-order valence-corrected chi connectivity index (χ3v) is 10.6. The largest absolute Gasteiger partial charge is 0.483 e. The molecule has 0 bridgehead atoms. The Bertz CT molecular complexity index is 2260. The average molecular weight is 776 g/mol. The molecule has 54 heavy (non-hydrogen) atoms. The maximum absolute atomic E-state index is 17.2. The summed E-state index contributed by atoms with van der Waals surface area (Å²) >= 11 is 6.31. The van der Waals surface area contributed by atoms with Crippen LogP contribution in [0.1, 0.15) is 55.8 Å². The smallest absolute Gasteiger partial charge is 0.417 e. The first-order valence-electron chi connectivity index (χ1n) is 17.0. The van der Waals surface area contributed by atoms with E-state index in [4.69, 9.17) is 41.7 Å². The lowest BCUT2D eigenvalue weighted by molar-refractivity contribution is -0.137. The molecule has 2 fully saturated rings. The van der Waals surface area contributed by atoms with Gasteiger partial charge in [0.25, 0.3) is 6.47 Å². The van der Waals surface area contributed by atoms with Crippen LogP contribution in [-0.4, -0.2) is 90.7 Å². The van der Waals surface area contributed by atoms with Crippen LogP contribution in [0.25, 0.3) is 33.1 Å². The molecular weight excluding hydrogens is 741 g/mol. The van der Waals surface area contributed by atoms with Crippen LogP contribution >= 0.6 is 11.6 Å². The summed E-state index contributed by atoms with van der Waals surface area (Å²) in [4.78, 5) is 30.1.